The topological polar surface area (TPSA) is 129 Å². The molecule has 1 spiro atoms. The van der Waals surface area contributed by atoms with Crippen LogP contribution in [-0.2, 0) is 24.5 Å². The van der Waals surface area contributed by atoms with E-state index in [1.54, 1.807) is 6.07 Å². The largest absolute Gasteiger partial charge is 0.491 e. The van der Waals surface area contributed by atoms with Gasteiger partial charge < -0.3 is 29.9 Å². The van der Waals surface area contributed by atoms with Crippen molar-refractivity contribution in [1.82, 2.24) is 9.80 Å². The molecular formula is C46H47N3O7. The maximum Gasteiger partial charge on any atom is 0.324 e. The highest BCUT2D eigenvalue weighted by atomic mass is 16.6. The number of cyclic esters (lactones) is 1. The van der Waals surface area contributed by atoms with Crippen molar-refractivity contribution in [2.24, 2.45) is 5.92 Å². The maximum absolute atomic E-state index is 15.7. The minimum Gasteiger partial charge on any atom is -0.491 e. The molecule has 4 aliphatic rings. The van der Waals surface area contributed by atoms with Crippen LogP contribution in [0.5, 0.6) is 5.75 Å². The second-order valence-corrected chi connectivity index (χ2v) is 15.0. The molecule has 0 aliphatic carbocycles. The number of aliphatic hydroxyl groups is 2. The van der Waals surface area contributed by atoms with Crippen molar-refractivity contribution >= 4 is 23.5 Å². The van der Waals surface area contributed by atoms with Crippen LogP contribution in [0.1, 0.15) is 84.5 Å². The van der Waals surface area contributed by atoms with E-state index in [9.17, 15) is 10.2 Å². The van der Waals surface area contributed by atoms with Crippen molar-refractivity contribution in [3.63, 3.8) is 0 Å². The Morgan fingerprint density at radius 3 is 2.21 bits per heavy atom. The first kappa shape index (κ1) is 37.5. The zero-order valence-electron chi connectivity index (χ0n) is 31.3. The fraction of sp³-hybridized carbons (Fsp3) is 0.370. The number of hydrogen-bond donors (Lipinski definition) is 3. The van der Waals surface area contributed by atoms with E-state index in [4.69, 9.17) is 9.47 Å². The van der Waals surface area contributed by atoms with Gasteiger partial charge in [0, 0.05) is 30.8 Å². The number of nitrogens with zero attached hydrogens (tertiary/aromatic N) is 2. The summed E-state index contributed by atoms with van der Waals surface area (Å²) in [5, 5.41) is 22.3. The Morgan fingerprint density at radius 2 is 1.50 bits per heavy atom. The molecule has 56 heavy (non-hydrogen) atoms. The first-order chi connectivity index (χ1) is 27.5. The molecule has 0 bridgehead atoms. The molecule has 6 atom stereocenters. The number of fused-ring (bicyclic) bond motifs is 3. The SMILES string of the molecule is O=C1OC(c2ccccc2)C(c2ccccc2)N2C1C(C(=O)N1CCCCCCC1)C1(C(=O)Nc3ccc(C#CCCO)cc31)C2c1cccc(OCCO)c1. The summed E-state index contributed by atoms with van der Waals surface area (Å²) < 4.78 is 12.5. The second-order valence-electron chi connectivity index (χ2n) is 15.0. The minimum atomic E-state index is -1.62. The minimum absolute atomic E-state index is 0.0654. The number of carbonyl (C=O) groups is 3. The number of ether oxygens (including phenoxy) is 2. The van der Waals surface area contributed by atoms with Gasteiger partial charge in [0.1, 0.15) is 29.9 Å². The molecular weight excluding hydrogens is 707 g/mol. The van der Waals surface area contributed by atoms with Gasteiger partial charge in [-0.15, -0.1) is 0 Å². The van der Waals surface area contributed by atoms with E-state index in [0.717, 1.165) is 43.2 Å². The van der Waals surface area contributed by atoms with Crippen molar-refractivity contribution in [1.29, 1.82) is 0 Å². The van der Waals surface area contributed by atoms with E-state index in [1.165, 1.54) is 0 Å². The number of carbonyl (C=O) groups excluding carboxylic acids is 3. The molecule has 0 aromatic heterocycles. The van der Waals surface area contributed by atoms with Crippen LogP contribution in [0, 0.1) is 17.8 Å². The molecule has 10 heteroatoms. The van der Waals surface area contributed by atoms with Gasteiger partial charge in [-0.2, -0.15) is 0 Å². The van der Waals surface area contributed by atoms with Crippen molar-refractivity contribution in [2.45, 2.75) is 68.2 Å². The third kappa shape index (κ3) is 6.64. The summed E-state index contributed by atoms with van der Waals surface area (Å²) in [5.74, 6) is 4.27. The molecule has 3 fully saturated rings. The third-order valence-electron chi connectivity index (χ3n) is 11.7. The standard InChI is InChI=1S/C46H47N3O7/c50-26-13-10-15-31-22-23-37-36(29-31)46(45(54)47-37)38(43(52)48-24-11-2-1-3-12-25-48)40-44(53)56-41(33-18-8-5-9-19-33)39(32-16-6-4-7-17-32)49(40)42(46)34-20-14-21-35(30-34)55-28-27-51/h4-9,14,16-23,29-30,38-42,50-51H,1-3,11-13,24-28H2,(H,47,54). The molecule has 4 heterocycles. The lowest BCUT2D eigenvalue weighted by Gasteiger charge is -2.46. The maximum atomic E-state index is 15.7. The van der Waals surface area contributed by atoms with Gasteiger partial charge in [0.05, 0.1) is 31.2 Å². The fourth-order valence-electron chi connectivity index (χ4n) is 9.47. The highest BCUT2D eigenvalue weighted by molar-refractivity contribution is 6.12. The van der Waals surface area contributed by atoms with Crippen molar-refractivity contribution in [2.75, 3.05) is 38.2 Å². The molecule has 4 aliphatic heterocycles. The van der Waals surface area contributed by atoms with Crippen molar-refractivity contribution in [3.05, 3.63) is 131 Å². The van der Waals surface area contributed by atoms with E-state index in [2.05, 4.69) is 22.1 Å². The molecule has 6 unspecified atom stereocenters. The number of anilines is 1. The Kier molecular flexibility index (Phi) is 10.9. The summed E-state index contributed by atoms with van der Waals surface area (Å²) in [6, 6.07) is 29.8. The number of nitrogens with one attached hydrogen (secondary N) is 1. The van der Waals surface area contributed by atoms with E-state index in [-0.39, 0.29) is 38.1 Å². The second kappa shape index (κ2) is 16.3. The summed E-state index contributed by atoms with van der Waals surface area (Å²) in [7, 11) is 0. The van der Waals surface area contributed by atoms with Gasteiger partial charge in [0.2, 0.25) is 11.8 Å². The van der Waals surface area contributed by atoms with E-state index in [0.29, 0.717) is 41.2 Å². The van der Waals surface area contributed by atoms with Crippen LogP contribution < -0.4 is 10.1 Å². The van der Waals surface area contributed by atoms with Crippen LogP contribution in [-0.4, -0.2) is 76.7 Å². The summed E-state index contributed by atoms with van der Waals surface area (Å²) in [6.45, 7) is 0.842. The van der Waals surface area contributed by atoms with Crippen LogP contribution in [0.2, 0.25) is 0 Å². The molecule has 4 aromatic carbocycles. The number of esters is 1. The summed E-state index contributed by atoms with van der Waals surface area (Å²) >= 11 is 0. The fourth-order valence-corrected chi connectivity index (χ4v) is 9.47. The molecule has 10 nitrogen and oxygen atoms in total. The Labute approximate surface area is 327 Å². The highest BCUT2D eigenvalue weighted by Gasteiger charge is 2.74. The zero-order chi connectivity index (χ0) is 38.6. The Hall–Kier alpha value is -5.47. The zero-order valence-corrected chi connectivity index (χ0v) is 31.3. The number of benzene rings is 4. The van der Waals surface area contributed by atoms with Gasteiger partial charge in [-0.25, -0.2) is 0 Å². The van der Waals surface area contributed by atoms with Crippen LogP contribution in [0.15, 0.2) is 103 Å². The number of rotatable bonds is 8. The first-order valence-electron chi connectivity index (χ1n) is 19.7. The quantitative estimate of drug-likeness (QED) is 0.151. The third-order valence-corrected chi connectivity index (χ3v) is 11.7. The molecule has 3 N–H and O–H groups in total. The lowest BCUT2D eigenvalue weighted by Crippen LogP contribution is -2.55. The Morgan fingerprint density at radius 1 is 0.804 bits per heavy atom. The average Bonchev–Trinajstić information content (AvgIpc) is 3.69. The lowest BCUT2D eigenvalue weighted by atomic mass is 9.65. The van der Waals surface area contributed by atoms with E-state index < -0.39 is 41.5 Å². The predicted octanol–water partition coefficient (Wildman–Crippen LogP) is 5.86. The van der Waals surface area contributed by atoms with Crippen LogP contribution in [0.3, 0.4) is 0 Å². The summed E-state index contributed by atoms with van der Waals surface area (Å²) in [5.41, 5.74) is 2.47. The van der Waals surface area contributed by atoms with E-state index in [1.807, 2.05) is 102 Å². The molecule has 4 aromatic rings. The number of hydrogen-bond acceptors (Lipinski definition) is 8. The van der Waals surface area contributed by atoms with Crippen LogP contribution >= 0.6 is 0 Å². The Balaban J connectivity index is 1.43. The van der Waals surface area contributed by atoms with Gasteiger partial charge in [-0.3, -0.25) is 19.3 Å². The van der Waals surface area contributed by atoms with Crippen molar-refractivity contribution in [3.8, 4) is 17.6 Å². The number of likely N-dealkylation sites (tertiary alicyclic amines) is 1. The summed E-state index contributed by atoms with van der Waals surface area (Å²) in [4.78, 5) is 50.1. The van der Waals surface area contributed by atoms with Gasteiger partial charge in [-0.05, 0) is 65.4 Å². The average molecular weight is 754 g/mol. The molecule has 0 radical (unpaired) electrons. The lowest BCUT2D eigenvalue weighted by molar-refractivity contribution is -0.179. The number of amides is 2. The monoisotopic (exact) mass is 753 g/mol. The molecule has 8 rings (SSSR count). The van der Waals surface area contributed by atoms with Crippen molar-refractivity contribution < 1.29 is 34.1 Å². The molecule has 0 saturated carbocycles. The highest BCUT2D eigenvalue weighted by Crippen LogP contribution is 2.65. The predicted molar refractivity (Wildman–Crippen MR) is 210 cm³/mol. The van der Waals surface area contributed by atoms with Gasteiger partial charge in [0.25, 0.3) is 0 Å². The number of aliphatic hydroxyl groups excluding tert-OH is 2. The normalized spacial score (nSPS) is 25.9. The Bertz CT molecular complexity index is 2120. The van der Waals surface area contributed by atoms with E-state index >= 15 is 14.4 Å². The van der Waals surface area contributed by atoms with Gasteiger partial charge in [0.15, 0.2) is 0 Å². The summed E-state index contributed by atoms with van der Waals surface area (Å²) in [6.07, 6.45) is 4.25. The molecule has 288 valence electrons. The number of morpholine rings is 1. The van der Waals surface area contributed by atoms with Gasteiger partial charge >= 0.3 is 5.97 Å². The van der Waals surface area contributed by atoms with Crippen LogP contribution in [0.25, 0.3) is 0 Å². The molecule has 3 saturated heterocycles. The van der Waals surface area contributed by atoms with Crippen LogP contribution in [0.4, 0.5) is 5.69 Å². The first-order valence-corrected chi connectivity index (χ1v) is 19.7. The molecule has 2 amide bonds. The van der Waals surface area contributed by atoms with Gasteiger partial charge in [-0.1, -0.05) is 104 Å². The smallest absolute Gasteiger partial charge is 0.324 e.